The molecule has 2 N–H and O–H groups in total. The van der Waals surface area contributed by atoms with Crippen LogP contribution in [-0.4, -0.2) is 38.3 Å². The third kappa shape index (κ3) is 4.94. The highest BCUT2D eigenvalue weighted by Crippen LogP contribution is 2.34. The first kappa shape index (κ1) is 13.5. The molecule has 0 saturated heterocycles. The molecule has 1 aliphatic carbocycles. The summed E-state index contributed by atoms with van der Waals surface area (Å²) < 4.78 is 4.96. The minimum Gasteiger partial charge on any atom is -0.383 e. The largest absolute Gasteiger partial charge is 0.383 e. The van der Waals surface area contributed by atoms with E-state index in [2.05, 4.69) is 17.6 Å². The Bertz CT molecular complexity index is 221. The Balaban J connectivity index is 2.03. The maximum atomic E-state index is 11.5. The number of methoxy groups -OCH3 is 1. The summed E-state index contributed by atoms with van der Waals surface area (Å²) in [5, 5.41) is 6.17. The summed E-state index contributed by atoms with van der Waals surface area (Å²) in [6, 6.07) is 0.661. The number of hydrogen-bond acceptors (Lipinski definition) is 3. The van der Waals surface area contributed by atoms with E-state index in [9.17, 15) is 4.79 Å². The lowest BCUT2D eigenvalue weighted by Gasteiger charge is -2.12. The van der Waals surface area contributed by atoms with Crippen LogP contribution in [0.15, 0.2) is 0 Å². The number of ether oxygens (including phenoxy) is 1. The fourth-order valence-corrected chi connectivity index (χ4v) is 2.03. The summed E-state index contributed by atoms with van der Waals surface area (Å²) in [6.07, 6.45) is 3.74. The van der Waals surface area contributed by atoms with Crippen LogP contribution in [0.1, 0.15) is 33.1 Å². The fraction of sp³-hybridized carbons (Fsp3) is 0.917. The van der Waals surface area contributed by atoms with Gasteiger partial charge in [-0.25, -0.2) is 0 Å². The molecule has 0 aromatic heterocycles. The summed E-state index contributed by atoms with van der Waals surface area (Å²) in [5.41, 5.74) is 0. The lowest BCUT2D eigenvalue weighted by molar-refractivity contribution is -0.121. The average Bonchev–Trinajstić information content (AvgIpc) is 2.94. The van der Waals surface area contributed by atoms with Gasteiger partial charge in [-0.2, -0.15) is 0 Å². The molecule has 0 aromatic carbocycles. The molecule has 1 aliphatic rings. The number of carbonyl (C=O) groups excluding carboxylic acids is 1. The first-order valence-corrected chi connectivity index (χ1v) is 6.19. The number of amides is 1. The first-order valence-electron chi connectivity index (χ1n) is 6.19. The van der Waals surface area contributed by atoms with Crippen LogP contribution in [0, 0.1) is 5.92 Å². The van der Waals surface area contributed by atoms with Gasteiger partial charge >= 0.3 is 0 Å². The average molecular weight is 228 g/mol. The standard InChI is InChI=1S/C12H24N2O2/c1-4-5-10-6-11(10)13-7-12(15)14-9(2)8-16-3/h9-11,13H,4-8H2,1-3H3,(H,14,15). The number of carbonyl (C=O) groups is 1. The predicted molar refractivity (Wildman–Crippen MR) is 64.3 cm³/mol. The van der Waals surface area contributed by atoms with E-state index in [-0.39, 0.29) is 11.9 Å². The van der Waals surface area contributed by atoms with Crippen molar-refractivity contribution in [3.8, 4) is 0 Å². The molecule has 3 atom stereocenters. The van der Waals surface area contributed by atoms with Crippen molar-refractivity contribution in [3.05, 3.63) is 0 Å². The second-order valence-electron chi connectivity index (χ2n) is 4.70. The van der Waals surface area contributed by atoms with Gasteiger partial charge in [0.1, 0.15) is 0 Å². The number of hydrogen-bond donors (Lipinski definition) is 2. The van der Waals surface area contributed by atoms with E-state index in [1.165, 1.54) is 19.3 Å². The Hall–Kier alpha value is -0.610. The maximum Gasteiger partial charge on any atom is 0.234 e. The molecule has 1 rings (SSSR count). The van der Waals surface area contributed by atoms with Gasteiger partial charge < -0.3 is 15.4 Å². The summed E-state index contributed by atoms with van der Waals surface area (Å²) in [7, 11) is 1.64. The summed E-state index contributed by atoms with van der Waals surface area (Å²) in [6.45, 7) is 5.14. The van der Waals surface area contributed by atoms with Gasteiger partial charge in [0, 0.05) is 19.2 Å². The van der Waals surface area contributed by atoms with Gasteiger partial charge in [0.2, 0.25) is 5.91 Å². The SMILES string of the molecule is CCCC1CC1NCC(=O)NC(C)COC. The van der Waals surface area contributed by atoms with Crippen molar-refractivity contribution in [3.63, 3.8) is 0 Å². The number of rotatable bonds is 8. The van der Waals surface area contributed by atoms with E-state index in [0.717, 1.165) is 5.92 Å². The van der Waals surface area contributed by atoms with E-state index < -0.39 is 0 Å². The molecule has 0 spiro atoms. The predicted octanol–water partition coefficient (Wildman–Crippen LogP) is 0.916. The molecule has 1 amide bonds. The molecule has 1 saturated carbocycles. The van der Waals surface area contributed by atoms with E-state index >= 15 is 0 Å². The first-order chi connectivity index (χ1) is 7.67. The van der Waals surface area contributed by atoms with Crippen LogP contribution in [-0.2, 0) is 9.53 Å². The Morgan fingerprint density at radius 1 is 1.56 bits per heavy atom. The van der Waals surface area contributed by atoms with Crippen LogP contribution in [0.25, 0.3) is 0 Å². The molecule has 0 aliphatic heterocycles. The third-order valence-electron chi connectivity index (χ3n) is 2.93. The zero-order chi connectivity index (χ0) is 12.0. The third-order valence-corrected chi connectivity index (χ3v) is 2.93. The van der Waals surface area contributed by atoms with E-state index in [1.54, 1.807) is 7.11 Å². The minimum atomic E-state index is 0.0618. The molecular weight excluding hydrogens is 204 g/mol. The normalized spacial score (nSPS) is 25.2. The van der Waals surface area contributed by atoms with Crippen molar-refractivity contribution in [1.29, 1.82) is 0 Å². The van der Waals surface area contributed by atoms with Gasteiger partial charge in [-0.3, -0.25) is 4.79 Å². The quantitative estimate of drug-likeness (QED) is 0.649. The molecule has 94 valence electrons. The lowest BCUT2D eigenvalue weighted by atomic mass is 10.2. The Morgan fingerprint density at radius 2 is 2.31 bits per heavy atom. The van der Waals surface area contributed by atoms with Crippen LogP contribution in [0.3, 0.4) is 0 Å². The molecule has 1 fully saturated rings. The smallest absolute Gasteiger partial charge is 0.234 e. The Labute approximate surface area is 98.1 Å². The zero-order valence-electron chi connectivity index (χ0n) is 10.6. The second-order valence-corrected chi connectivity index (χ2v) is 4.70. The van der Waals surface area contributed by atoms with Gasteiger partial charge in [0.15, 0.2) is 0 Å². The summed E-state index contributed by atoms with van der Waals surface area (Å²) in [5.74, 6) is 0.862. The van der Waals surface area contributed by atoms with Crippen molar-refractivity contribution >= 4 is 5.91 Å². The van der Waals surface area contributed by atoms with Crippen LogP contribution < -0.4 is 10.6 Å². The molecule has 0 heterocycles. The van der Waals surface area contributed by atoms with Gasteiger partial charge in [0.05, 0.1) is 13.2 Å². The van der Waals surface area contributed by atoms with Crippen molar-refractivity contribution in [2.75, 3.05) is 20.3 Å². The van der Waals surface area contributed by atoms with Crippen LogP contribution in [0.4, 0.5) is 0 Å². The second kappa shape index (κ2) is 6.86. The molecular formula is C12H24N2O2. The highest BCUT2D eigenvalue weighted by atomic mass is 16.5. The van der Waals surface area contributed by atoms with Crippen molar-refractivity contribution < 1.29 is 9.53 Å². The van der Waals surface area contributed by atoms with E-state index in [0.29, 0.717) is 19.2 Å². The van der Waals surface area contributed by atoms with Gasteiger partial charge in [-0.05, 0) is 25.7 Å². The Kier molecular flexibility index (Phi) is 5.77. The highest BCUT2D eigenvalue weighted by Gasteiger charge is 2.35. The van der Waals surface area contributed by atoms with Crippen molar-refractivity contribution in [2.24, 2.45) is 5.92 Å². The molecule has 4 nitrogen and oxygen atoms in total. The topological polar surface area (TPSA) is 50.4 Å². The highest BCUT2D eigenvalue weighted by molar-refractivity contribution is 5.78. The van der Waals surface area contributed by atoms with Gasteiger partial charge in [-0.15, -0.1) is 0 Å². The maximum absolute atomic E-state index is 11.5. The van der Waals surface area contributed by atoms with Crippen LogP contribution in [0.2, 0.25) is 0 Å². The molecule has 0 bridgehead atoms. The minimum absolute atomic E-state index is 0.0618. The van der Waals surface area contributed by atoms with Crippen molar-refractivity contribution in [2.45, 2.75) is 45.2 Å². The molecule has 0 radical (unpaired) electrons. The number of nitrogens with one attached hydrogen (secondary N) is 2. The Morgan fingerprint density at radius 3 is 2.94 bits per heavy atom. The fourth-order valence-electron chi connectivity index (χ4n) is 2.03. The zero-order valence-corrected chi connectivity index (χ0v) is 10.6. The van der Waals surface area contributed by atoms with Gasteiger partial charge in [-0.1, -0.05) is 13.3 Å². The van der Waals surface area contributed by atoms with Crippen molar-refractivity contribution in [1.82, 2.24) is 10.6 Å². The molecule has 16 heavy (non-hydrogen) atoms. The van der Waals surface area contributed by atoms with Crippen LogP contribution >= 0.6 is 0 Å². The van der Waals surface area contributed by atoms with E-state index in [1.807, 2.05) is 6.92 Å². The van der Waals surface area contributed by atoms with Gasteiger partial charge in [0.25, 0.3) is 0 Å². The lowest BCUT2D eigenvalue weighted by Crippen LogP contribution is -2.41. The summed E-state index contributed by atoms with van der Waals surface area (Å²) >= 11 is 0. The monoisotopic (exact) mass is 228 g/mol. The molecule has 4 heteroatoms. The van der Waals surface area contributed by atoms with E-state index in [4.69, 9.17) is 4.74 Å². The van der Waals surface area contributed by atoms with Crippen LogP contribution in [0.5, 0.6) is 0 Å². The molecule has 0 aromatic rings. The summed E-state index contributed by atoms with van der Waals surface area (Å²) in [4.78, 5) is 11.5. The molecule has 3 unspecified atom stereocenters.